The smallest absolute Gasteiger partial charge is 0.200 e. The lowest BCUT2D eigenvalue weighted by Gasteiger charge is -1.92. The molecule has 0 atom stereocenters. The molecule has 2 bridgehead atoms. The van der Waals surface area contributed by atoms with Crippen LogP contribution in [0, 0.1) is 0 Å². The average Bonchev–Trinajstić information content (AvgIpc) is 1.72. The highest BCUT2D eigenvalue weighted by Gasteiger charge is 2.14. The summed E-state index contributed by atoms with van der Waals surface area (Å²) in [4.78, 5) is 3.89. The van der Waals surface area contributed by atoms with Gasteiger partial charge in [-0.25, -0.2) is 4.98 Å². The van der Waals surface area contributed by atoms with Crippen LogP contribution >= 0.6 is 0 Å². The van der Waals surface area contributed by atoms with Crippen molar-refractivity contribution in [3.63, 3.8) is 0 Å². The van der Waals surface area contributed by atoms with Crippen molar-refractivity contribution >= 4 is 0 Å². The van der Waals surface area contributed by atoms with Crippen molar-refractivity contribution in [3.05, 3.63) is 17.8 Å². The van der Waals surface area contributed by atoms with Gasteiger partial charge in [0.1, 0.15) is 6.26 Å². The summed E-state index contributed by atoms with van der Waals surface area (Å²) in [5.41, 5.74) is 1.09. The molecule has 3 rings (SSSR count). The van der Waals surface area contributed by atoms with Gasteiger partial charge < -0.3 is 4.42 Å². The summed E-state index contributed by atoms with van der Waals surface area (Å²) in [6, 6.07) is 0. The second-order valence-electron chi connectivity index (χ2n) is 1.41. The molecule has 0 unspecified atom stereocenters. The Morgan fingerprint density at radius 3 is 2.83 bits per heavy atom. The molecule has 2 aliphatic rings. The normalized spacial score (nSPS) is 14.0. The van der Waals surface area contributed by atoms with Crippen LogP contribution in [0.15, 0.2) is 10.7 Å². The Bertz CT molecular complexity index is 144. The minimum atomic E-state index is 0.880. The predicted molar refractivity (Wildman–Crippen MR) is 19.3 cm³/mol. The van der Waals surface area contributed by atoms with Crippen molar-refractivity contribution in [2.75, 3.05) is 0 Å². The third-order valence-electron chi connectivity index (χ3n) is 0.932. The lowest BCUT2D eigenvalue weighted by Crippen LogP contribution is -1.96. The zero-order valence-corrected chi connectivity index (χ0v) is 3.14. The topological polar surface area (TPSA) is 26.0 Å². The molecule has 1 aromatic rings. The highest BCUT2D eigenvalue weighted by Crippen LogP contribution is 2.15. The molecule has 30 valence electrons. The molecule has 0 spiro atoms. The number of hydrogen-bond acceptors (Lipinski definition) is 2. The van der Waals surface area contributed by atoms with E-state index in [2.05, 4.69) is 4.98 Å². The van der Waals surface area contributed by atoms with Crippen molar-refractivity contribution in [2.45, 2.75) is 6.42 Å². The first-order valence-corrected chi connectivity index (χ1v) is 1.88. The van der Waals surface area contributed by atoms with E-state index in [4.69, 9.17) is 4.42 Å². The van der Waals surface area contributed by atoms with Gasteiger partial charge in [0.05, 0.1) is 12.1 Å². The molecule has 0 radical (unpaired) electrons. The molecular formula is C4H3NO. The van der Waals surface area contributed by atoms with E-state index >= 15 is 0 Å². The van der Waals surface area contributed by atoms with E-state index in [0.717, 1.165) is 18.0 Å². The Kier molecular flexibility index (Phi) is 0.204. The summed E-state index contributed by atoms with van der Waals surface area (Å²) >= 11 is 0. The number of aromatic nitrogens is 1. The molecule has 1 aromatic heterocycles. The molecule has 0 aliphatic carbocycles. The van der Waals surface area contributed by atoms with Crippen LogP contribution < -0.4 is 0 Å². The van der Waals surface area contributed by atoms with E-state index in [-0.39, 0.29) is 0 Å². The van der Waals surface area contributed by atoms with Crippen LogP contribution in [0.1, 0.15) is 11.6 Å². The summed E-state index contributed by atoms with van der Waals surface area (Å²) in [5.74, 6) is 0.880. The Balaban J connectivity index is 2.95. The summed E-state index contributed by atoms with van der Waals surface area (Å²) < 4.78 is 4.81. The fraction of sp³-hybridized carbons (Fsp3) is 0.250. The summed E-state index contributed by atoms with van der Waals surface area (Å²) in [7, 11) is 0. The Labute approximate surface area is 34.8 Å². The fourth-order valence-corrected chi connectivity index (χ4v) is 0.575. The third-order valence-corrected chi connectivity index (χ3v) is 0.932. The van der Waals surface area contributed by atoms with Crippen molar-refractivity contribution in [1.82, 2.24) is 4.98 Å². The molecule has 3 heterocycles. The maximum atomic E-state index is 4.81. The van der Waals surface area contributed by atoms with E-state index in [1.54, 1.807) is 6.26 Å². The maximum absolute atomic E-state index is 4.81. The van der Waals surface area contributed by atoms with Crippen molar-refractivity contribution < 1.29 is 4.42 Å². The first-order valence-electron chi connectivity index (χ1n) is 1.88. The SMILES string of the molecule is c1oc2nc1C2. The van der Waals surface area contributed by atoms with Crippen LogP contribution in [0.3, 0.4) is 0 Å². The second-order valence-corrected chi connectivity index (χ2v) is 1.41. The highest BCUT2D eigenvalue weighted by molar-refractivity contribution is 5.12. The quantitative estimate of drug-likeness (QED) is 0.463. The van der Waals surface area contributed by atoms with Gasteiger partial charge in [-0.3, -0.25) is 0 Å². The van der Waals surface area contributed by atoms with Gasteiger partial charge in [0.25, 0.3) is 0 Å². The number of fused-ring (bicyclic) bond motifs is 1. The second kappa shape index (κ2) is 0.511. The molecule has 0 fully saturated rings. The summed E-state index contributed by atoms with van der Waals surface area (Å²) in [6.07, 6.45) is 2.66. The molecule has 0 saturated carbocycles. The van der Waals surface area contributed by atoms with Gasteiger partial charge in [0.2, 0.25) is 0 Å². The van der Waals surface area contributed by atoms with Gasteiger partial charge >= 0.3 is 0 Å². The standard InChI is InChI=1S/C4H3NO/c1-3-2-6-4(1)5-3/h2H,1H2. The number of nitrogens with zero attached hydrogens (tertiary/aromatic N) is 1. The van der Waals surface area contributed by atoms with E-state index in [9.17, 15) is 0 Å². The van der Waals surface area contributed by atoms with Crippen LogP contribution in [-0.4, -0.2) is 4.98 Å². The number of hydrogen-bond donors (Lipinski definition) is 0. The van der Waals surface area contributed by atoms with Crippen molar-refractivity contribution in [2.24, 2.45) is 0 Å². The van der Waals surface area contributed by atoms with E-state index in [1.165, 1.54) is 0 Å². The number of oxazole rings is 1. The lowest BCUT2D eigenvalue weighted by atomic mass is 10.3. The molecule has 2 heteroatoms. The first kappa shape index (κ1) is 2.39. The highest BCUT2D eigenvalue weighted by atomic mass is 16.3. The Hall–Kier alpha value is -0.790. The van der Waals surface area contributed by atoms with E-state index in [0.29, 0.717) is 0 Å². The molecule has 6 heavy (non-hydrogen) atoms. The van der Waals surface area contributed by atoms with Gasteiger partial charge in [-0.2, -0.15) is 0 Å². The van der Waals surface area contributed by atoms with Crippen LogP contribution in [0.5, 0.6) is 0 Å². The minimum absolute atomic E-state index is 0.880. The van der Waals surface area contributed by atoms with Gasteiger partial charge in [0, 0.05) is 0 Å². The zero-order valence-electron chi connectivity index (χ0n) is 3.14. The molecule has 0 N–H and O–H groups in total. The van der Waals surface area contributed by atoms with Gasteiger partial charge in [-0.1, -0.05) is 0 Å². The molecular weight excluding hydrogens is 78.0 g/mol. The summed E-state index contributed by atoms with van der Waals surface area (Å²) in [6.45, 7) is 0. The predicted octanol–water partition coefficient (Wildman–Crippen LogP) is 0.579. The largest absolute Gasteiger partial charge is 0.448 e. The van der Waals surface area contributed by atoms with Gasteiger partial charge in [-0.15, -0.1) is 0 Å². The van der Waals surface area contributed by atoms with E-state index in [1.807, 2.05) is 0 Å². The zero-order chi connectivity index (χ0) is 3.98. The molecule has 0 amide bonds. The third kappa shape index (κ3) is 0.105. The fourth-order valence-electron chi connectivity index (χ4n) is 0.575. The van der Waals surface area contributed by atoms with Crippen molar-refractivity contribution in [1.29, 1.82) is 0 Å². The number of rotatable bonds is 0. The molecule has 2 aliphatic heterocycles. The Morgan fingerprint density at radius 2 is 2.67 bits per heavy atom. The van der Waals surface area contributed by atoms with Crippen LogP contribution in [0.25, 0.3) is 0 Å². The Morgan fingerprint density at radius 1 is 1.83 bits per heavy atom. The maximum Gasteiger partial charge on any atom is 0.200 e. The summed E-state index contributed by atoms with van der Waals surface area (Å²) in [5, 5.41) is 0. The van der Waals surface area contributed by atoms with Gasteiger partial charge in [0.15, 0.2) is 5.89 Å². The van der Waals surface area contributed by atoms with E-state index < -0.39 is 0 Å². The van der Waals surface area contributed by atoms with Crippen molar-refractivity contribution in [3.8, 4) is 0 Å². The minimum Gasteiger partial charge on any atom is -0.448 e. The van der Waals surface area contributed by atoms with Crippen LogP contribution in [-0.2, 0) is 6.42 Å². The van der Waals surface area contributed by atoms with Crippen LogP contribution in [0.2, 0.25) is 0 Å². The average molecular weight is 81.1 g/mol. The molecule has 0 saturated heterocycles. The van der Waals surface area contributed by atoms with Gasteiger partial charge in [-0.05, 0) is 0 Å². The monoisotopic (exact) mass is 81.0 g/mol. The van der Waals surface area contributed by atoms with Crippen LogP contribution in [0.4, 0.5) is 0 Å². The lowest BCUT2D eigenvalue weighted by molar-refractivity contribution is 0.517. The molecule has 0 aromatic carbocycles. The molecule has 2 nitrogen and oxygen atoms in total. The first-order chi connectivity index (χ1) is 2.95.